The van der Waals surface area contributed by atoms with E-state index >= 15 is 0 Å². The topological polar surface area (TPSA) is 115 Å². The summed E-state index contributed by atoms with van der Waals surface area (Å²) in [5.74, 6) is -0.628. The minimum atomic E-state index is -0.769. The first-order chi connectivity index (χ1) is 19.6. The molecule has 1 saturated carbocycles. The van der Waals surface area contributed by atoms with Gasteiger partial charge in [-0.3, -0.25) is 14.6 Å². The van der Waals surface area contributed by atoms with Crippen molar-refractivity contribution in [3.63, 3.8) is 0 Å². The highest BCUT2D eigenvalue weighted by Gasteiger charge is 2.15. The van der Waals surface area contributed by atoms with E-state index in [2.05, 4.69) is 21.4 Å². The van der Waals surface area contributed by atoms with Gasteiger partial charge in [-0.2, -0.15) is 0 Å². The standard InChI is InChI=1S/C32H39N3O5/c36-30(37)14-6-2-5-13-28(26-10-9-19-33-22-26)24-15-17-25(18-16-24)32-35-29(23-40-32)31(38)34-20-7-8-21-39-27-11-3-1-4-12-27/h9-10,13,15-19,22-23,27H,1-8,11-12,14,20-21H2,(H,34,38)(H,36,37)/b28-13+. The average Bonchev–Trinajstić information content (AvgIpc) is 3.48. The summed E-state index contributed by atoms with van der Waals surface area (Å²) in [6, 6.07) is 11.7. The van der Waals surface area contributed by atoms with Crippen molar-refractivity contribution in [2.75, 3.05) is 13.2 Å². The SMILES string of the molecule is O=C(O)CCCC/C=C(\c1ccc(-c2nc(C(=O)NCCCCOC3CCCCC3)co2)cc1)c1cccnc1. The predicted octanol–water partition coefficient (Wildman–Crippen LogP) is 6.67. The Morgan fingerprint density at radius 1 is 1.02 bits per heavy atom. The van der Waals surface area contributed by atoms with Crippen LogP contribution in [0.5, 0.6) is 0 Å². The van der Waals surface area contributed by atoms with Crippen LogP contribution in [0, 0.1) is 0 Å². The van der Waals surface area contributed by atoms with Crippen LogP contribution in [0.4, 0.5) is 0 Å². The van der Waals surface area contributed by atoms with Crippen molar-refractivity contribution >= 4 is 17.4 Å². The summed E-state index contributed by atoms with van der Waals surface area (Å²) >= 11 is 0. The quantitative estimate of drug-likeness (QED) is 0.205. The first-order valence-corrected chi connectivity index (χ1v) is 14.4. The molecule has 8 heteroatoms. The summed E-state index contributed by atoms with van der Waals surface area (Å²) in [6.07, 6.45) is 17.9. The highest BCUT2D eigenvalue weighted by molar-refractivity contribution is 5.92. The van der Waals surface area contributed by atoms with Gasteiger partial charge in [-0.1, -0.05) is 43.5 Å². The fraction of sp³-hybridized carbons (Fsp3) is 0.438. The van der Waals surface area contributed by atoms with Gasteiger partial charge in [0.1, 0.15) is 6.26 Å². The van der Waals surface area contributed by atoms with E-state index in [0.717, 1.165) is 54.6 Å². The van der Waals surface area contributed by atoms with Crippen molar-refractivity contribution < 1.29 is 23.8 Å². The molecule has 2 heterocycles. The molecule has 0 unspecified atom stereocenters. The number of rotatable bonds is 15. The third-order valence-corrected chi connectivity index (χ3v) is 7.11. The summed E-state index contributed by atoms with van der Waals surface area (Å²) < 4.78 is 11.6. The number of aromatic nitrogens is 2. The van der Waals surface area contributed by atoms with Crippen molar-refractivity contribution in [1.82, 2.24) is 15.3 Å². The van der Waals surface area contributed by atoms with Crippen molar-refractivity contribution in [3.05, 3.63) is 78.0 Å². The Morgan fingerprint density at radius 2 is 1.85 bits per heavy atom. The smallest absolute Gasteiger partial charge is 0.303 e. The Hall–Kier alpha value is -3.78. The molecule has 40 heavy (non-hydrogen) atoms. The first kappa shape index (κ1) is 29.2. The number of nitrogens with zero attached hydrogens (tertiary/aromatic N) is 2. The molecule has 1 aliphatic rings. The molecule has 0 spiro atoms. The van der Waals surface area contributed by atoms with Crippen LogP contribution in [0.1, 0.15) is 92.2 Å². The number of allylic oxidation sites excluding steroid dienone is 1. The molecule has 2 N–H and O–H groups in total. The second kappa shape index (κ2) is 15.7. The van der Waals surface area contributed by atoms with Crippen molar-refractivity contribution in [3.8, 4) is 11.5 Å². The van der Waals surface area contributed by atoms with E-state index in [4.69, 9.17) is 14.3 Å². The molecule has 212 valence electrons. The molecule has 8 nitrogen and oxygen atoms in total. The number of carboxylic acids is 1. The molecule has 2 aromatic heterocycles. The van der Waals surface area contributed by atoms with Gasteiger partial charge < -0.3 is 19.6 Å². The number of benzene rings is 1. The summed E-state index contributed by atoms with van der Waals surface area (Å²) in [6.45, 7) is 1.32. The lowest BCUT2D eigenvalue weighted by Crippen LogP contribution is -2.25. The lowest BCUT2D eigenvalue weighted by atomic mass is 9.96. The van der Waals surface area contributed by atoms with Crippen LogP contribution in [0.2, 0.25) is 0 Å². The third kappa shape index (κ3) is 9.16. The Bertz CT molecular complexity index is 1230. The van der Waals surface area contributed by atoms with E-state index in [1.165, 1.54) is 38.4 Å². The number of ether oxygens (including phenoxy) is 1. The number of amides is 1. The lowest BCUT2D eigenvalue weighted by Gasteiger charge is -2.21. The summed E-state index contributed by atoms with van der Waals surface area (Å²) in [5, 5.41) is 11.8. The minimum Gasteiger partial charge on any atom is -0.481 e. The van der Waals surface area contributed by atoms with Gasteiger partial charge in [0.15, 0.2) is 5.69 Å². The van der Waals surface area contributed by atoms with E-state index in [-0.39, 0.29) is 18.0 Å². The van der Waals surface area contributed by atoms with Gasteiger partial charge in [0.25, 0.3) is 5.91 Å². The third-order valence-electron chi connectivity index (χ3n) is 7.11. The van der Waals surface area contributed by atoms with E-state index in [0.29, 0.717) is 25.0 Å². The number of hydrogen-bond acceptors (Lipinski definition) is 6. The second-order valence-corrected chi connectivity index (χ2v) is 10.2. The van der Waals surface area contributed by atoms with Crippen LogP contribution in [-0.2, 0) is 9.53 Å². The lowest BCUT2D eigenvalue weighted by molar-refractivity contribution is -0.137. The van der Waals surface area contributed by atoms with Gasteiger partial charge in [-0.25, -0.2) is 4.98 Å². The fourth-order valence-electron chi connectivity index (χ4n) is 4.90. The number of unbranched alkanes of at least 4 members (excludes halogenated alkanes) is 3. The number of carboxylic acid groups (broad SMARTS) is 1. The highest BCUT2D eigenvalue weighted by atomic mass is 16.5. The Morgan fingerprint density at radius 3 is 2.60 bits per heavy atom. The molecule has 1 aromatic carbocycles. The van der Waals surface area contributed by atoms with Gasteiger partial charge in [-0.05, 0) is 74.3 Å². The average molecular weight is 546 g/mol. The highest BCUT2D eigenvalue weighted by Crippen LogP contribution is 2.27. The van der Waals surface area contributed by atoms with Crippen molar-refractivity contribution in [2.45, 2.75) is 76.7 Å². The summed E-state index contributed by atoms with van der Waals surface area (Å²) in [5.41, 5.74) is 4.06. The van der Waals surface area contributed by atoms with Crippen LogP contribution < -0.4 is 5.32 Å². The second-order valence-electron chi connectivity index (χ2n) is 10.2. The van der Waals surface area contributed by atoms with Crippen LogP contribution in [0.15, 0.2) is 65.5 Å². The van der Waals surface area contributed by atoms with Gasteiger partial charge in [0.2, 0.25) is 5.89 Å². The van der Waals surface area contributed by atoms with Gasteiger partial charge in [-0.15, -0.1) is 0 Å². The Labute approximate surface area is 235 Å². The molecule has 0 atom stereocenters. The van der Waals surface area contributed by atoms with Crippen LogP contribution in [-0.4, -0.2) is 46.2 Å². The first-order valence-electron chi connectivity index (χ1n) is 14.4. The number of pyridine rings is 1. The van der Waals surface area contributed by atoms with Gasteiger partial charge >= 0.3 is 5.97 Å². The number of hydrogen-bond donors (Lipinski definition) is 2. The number of oxazole rings is 1. The zero-order valence-electron chi connectivity index (χ0n) is 23.0. The summed E-state index contributed by atoms with van der Waals surface area (Å²) in [7, 11) is 0. The number of nitrogens with one attached hydrogen (secondary N) is 1. The maximum absolute atomic E-state index is 12.5. The zero-order chi connectivity index (χ0) is 28.0. The number of aliphatic carboxylic acids is 1. The molecule has 1 amide bonds. The molecule has 0 saturated heterocycles. The van der Waals surface area contributed by atoms with Crippen molar-refractivity contribution in [1.29, 1.82) is 0 Å². The van der Waals surface area contributed by atoms with Crippen LogP contribution in [0.25, 0.3) is 17.0 Å². The van der Waals surface area contributed by atoms with Crippen LogP contribution in [0.3, 0.4) is 0 Å². The molecule has 0 aliphatic heterocycles. The number of carbonyl (C=O) groups is 2. The maximum atomic E-state index is 12.5. The van der Waals surface area contributed by atoms with E-state index in [1.54, 1.807) is 6.20 Å². The zero-order valence-corrected chi connectivity index (χ0v) is 23.0. The largest absolute Gasteiger partial charge is 0.481 e. The van der Waals surface area contributed by atoms with E-state index in [1.807, 2.05) is 42.6 Å². The molecular weight excluding hydrogens is 506 g/mol. The minimum absolute atomic E-state index is 0.177. The molecule has 0 radical (unpaired) electrons. The van der Waals surface area contributed by atoms with E-state index < -0.39 is 5.97 Å². The maximum Gasteiger partial charge on any atom is 0.303 e. The van der Waals surface area contributed by atoms with Crippen LogP contribution >= 0.6 is 0 Å². The molecule has 4 rings (SSSR count). The van der Waals surface area contributed by atoms with E-state index in [9.17, 15) is 9.59 Å². The molecular formula is C32H39N3O5. The number of carbonyl (C=O) groups excluding carboxylic acids is 1. The van der Waals surface area contributed by atoms with Gasteiger partial charge in [0.05, 0.1) is 6.10 Å². The summed E-state index contributed by atoms with van der Waals surface area (Å²) in [4.78, 5) is 32.0. The Kier molecular flexibility index (Phi) is 11.5. The predicted molar refractivity (Wildman–Crippen MR) is 154 cm³/mol. The molecule has 1 fully saturated rings. The van der Waals surface area contributed by atoms with Gasteiger partial charge in [0, 0.05) is 43.1 Å². The fourth-order valence-corrected chi connectivity index (χ4v) is 4.90. The molecule has 3 aromatic rings. The normalized spacial score (nSPS) is 14.2. The molecule has 1 aliphatic carbocycles. The van der Waals surface area contributed by atoms with Crippen molar-refractivity contribution in [2.24, 2.45) is 0 Å². The Balaban J connectivity index is 1.29. The molecule has 0 bridgehead atoms. The monoisotopic (exact) mass is 545 g/mol.